The number of aromatic nitrogens is 4. The normalized spacial score (nSPS) is 11.8. The van der Waals surface area contributed by atoms with Gasteiger partial charge in [0.05, 0.1) is 0 Å². The molecule has 2 aromatic carbocycles. The molecule has 0 aliphatic carbocycles. The summed E-state index contributed by atoms with van der Waals surface area (Å²) in [6.07, 6.45) is 1.10. The van der Waals surface area contributed by atoms with E-state index in [2.05, 4.69) is 25.7 Å². The van der Waals surface area contributed by atoms with Gasteiger partial charge in [-0.2, -0.15) is 0 Å². The van der Waals surface area contributed by atoms with E-state index < -0.39 is 6.04 Å². The third kappa shape index (κ3) is 5.60. The minimum atomic E-state index is -0.640. The minimum absolute atomic E-state index is 0.188. The lowest BCUT2D eigenvalue weighted by atomic mass is 10.0. The average Bonchev–Trinajstić information content (AvgIpc) is 3.15. The number of hydrogen-bond donors (Lipinski definition) is 1. The quantitative estimate of drug-likeness (QED) is 0.563. The van der Waals surface area contributed by atoms with Gasteiger partial charge in [0.25, 0.3) is 0 Å². The van der Waals surface area contributed by atoms with E-state index in [0.717, 1.165) is 18.7 Å². The second kappa shape index (κ2) is 9.77. The molecule has 0 unspecified atom stereocenters. The number of aryl methyl sites for hydroxylation is 1. The molecule has 0 spiro atoms. The fraction of sp³-hybridized carbons (Fsp3) is 0.333. The number of carbonyl (C=O) groups excluding carboxylic acids is 1. The molecule has 7 nitrogen and oxygen atoms in total. The maximum absolute atomic E-state index is 13.6. The smallest absolute Gasteiger partial charge is 0.245 e. The van der Waals surface area contributed by atoms with Gasteiger partial charge in [0.1, 0.15) is 17.7 Å². The van der Waals surface area contributed by atoms with Gasteiger partial charge in [-0.3, -0.25) is 4.79 Å². The van der Waals surface area contributed by atoms with E-state index in [1.807, 2.05) is 37.4 Å². The summed E-state index contributed by atoms with van der Waals surface area (Å²) in [6, 6.07) is 15.7. The molecule has 0 aliphatic rings. The molecule has 29 heavy (non-hydrogen) atoms. The molecule has 0 saturated carbocycles. The average molecular weight is 396 g/mol. The molecule has 1 heterocycles. The number of hydrogen-bond acceptors (Lipinski definition) is 5. The third-order valence-electron chi connectivity index (χ3n) is 4.74. The summed E-state index contributed by atoms with van der Waals surface area (Å²) >= 11 is 0. The van der Waals surface area contributed by atoms with Crippen LogP contribution < -0.4 is 10.2 Å². The van der Waals surface area contributed by atoms with Gasteiger partial charge in [-0.05, 0) is 53.6 Å². The first-order chi connectivity index (χ1) is 14.0. The molecule has 3 aromatic rings. The van der Waals surface area contributed by atoms with Crippen LogP contribution in [0, 0.1) is 12.7 Å². The number of nitrogens with one attached hydrogen (secondary N) is 1. The summed E-state index contributed by atoms with van der Waals surface area (Å²) < 4.78 is 15.0. The maximum Gasteiger partial charge on any atom is 0.245 e. The highest BCUT2D eigenvalue weighted by atomic mass is 19.1. The van der Waals surface area contributed by atoms with Crippen molar-refractivity contribution in [3.05, 3.63) is 71.8 Å². The lowest BCUT2D eigenvalue weighted by Crippen LogP contribution is -2.36. The molecular weight excluding hydrogens is 371 g/mol. The van der Waals surface area contributed by atoms with Crippen molar-refractivity contribution in [3.63, 3.8) is 0 Å². The fourth-order valence-corrected chi connectivity index (χ4v) is 3.16. The van der Waals surface area contributed by atoms with Crippen LogP contribution in [0.15, 0.2) is 54.6 Å². The Morgan fingerprint density at radius 3 is 2.69 bits per heavy atom. The van der Waals surface area contributed by atoms with Gasteiger partial charge in [0.2, 0.25) is 5.91 Å². The van der Waals surface area contributed by atoms with Gasteiger partial charge in [-0.15, -0.1) is 5.10 Å². The van der Waals surface area contributed by atoms with Crippen LogP contribution in [0.3, 0.4) is 0 Å². The van der Waals surface area contributed by atoms with Crippen molar-refractivity contribution in [3.8, 4) is 0 Å². The van der Waals surface area contributed by atoms with Gasteiger partial charge in [0, 0.05) is 32.2 Å². The molecule has 1 atom stereocenters. The molecule has 0 aliphatic heterocycles. The lowest BCUT2D eigenvalue weighted by molar-refractivity contribution is -0.124. The first kappa shape index (κ1) is 20.4. The minimum Gasteiger partial charge on any atom is -0.375 e. The highest BCUT2D eigenvalue weighted by Gasteiger charge is 2.24. The van der Waals surface area contributed by atoms with Crippen LogP contribution in [0.25, 0.3) is 0 Å². The van der Waals surface area contributed by atoms with E-state index in [9.17, 15) is 9.18 Å². The first-order valence-corrected chi connectivity index (χ1v) is 9.57. The lowest BCUT2D eigenvalue weighted by Gasteiger charge is -2.20. The van der Waals surface area contributed by atoms with E-state index in [1.165, 1.54) is 16.8 Å². The number of halogens is 1. The Kier molecular flexibility index (Phi) is 6.89. The topological polar surface area (TPSA) is 75.9 Å². The standard InChI is InChI=1S/C21H25FN6O/c1-16-24-25-26-28(16)20(15-17-8-6-9-18(22)14-17)21(29)23-12-7-13-27(2)19-10-4-3-5-11-19/h3-6,8-11,14,20H,7,12-13,15H2,1-2H3,(H,23,29)/t20-/m0/s1. The number of carbonyl (C=O) groups is 1. The molecule has 3 rings (SSSR count). The zero-order valence-corrected chi connectivity index (χ0v) is 16.6. The summed E-state index contributed by atoms with van der Waals surface area (Å²) in [5, 5.41) is 14.4. The molecule has 0 bridgehead atoms. The van der Waals surface area contributed by atoms with Crippen molar-refractivity contribution in [1.29, 1.82) is 0 Å². The first-order valence-electron chi connectivity index (χ1n) is 9.57. The SMILES string of the molecule is Cc1nnnn1[C@@H](Cc1cccc(F)c1)C(=O)NCCCN(C)c1ccccc1. The van der Waals surface area contributed by atoms with E-state index in [4.69, 9.17) is 0 Å². The number of para-hydroxylation sites is 1. The molecule has 0 radical (unpaired) electrons. The van der Waals surface area contributed by atoms with Crippen LogP contribution in [-0.2, 0) is 11.2 Å². The second-order valence-electron chi connectivity index (χ2n) is 6.92. The number of tetrazole rings is 1. The predicted molar refractivity (Wildman–Crippen MR) is 109 cm³/mol. The maximum atomic E-state index is 13.6. The molecular formula is C21H25FN6O. The van der Waals surface area contributed by atoms with Crippen LogP contribution in [0.4, 0.5) is 10.1 Å². The molecule has 152 valence electrons. The zero-order chi connectivity index (χ0) is 20.6. The Morgan fingerprint density at radius 1 is 1.21 bits per heavy atom. The second-order valence-corrected chi connectivity index (χ2v) is 6.92. The third-order valence-corrected chi connectivity index (χ3v) is 4.74. The van der Waals surface area contributed by atoms with E-state index in [1.54, 1.807) is 19.1 Å². The van der Waals surface area contributed by atoms with E-state index in [-0.39, 0.29) is 11.7 Å². The summed E-state index contributed by atoms with van der Waals surface area (Å²) in [5.74, 6) is 0.0106. The summed E-state index contributed by atoms with van der Waals surface area (Å²) in [7, 11) is 2.02. The van der Waals surface area contributed by atoms with Gasteiger partial charge >= 0.3 is 0 Å². The highest BCUT2D eigenvalue weighted by Crippen LogP contribution is 2.16. The molecule has 1 aromatic heterocycles. The number of nitrogens with zero attached hydrogens (tertiary/aromatic N) is 5. The van der Waals surface area contributed by atoms with Crippen molar-refractivity contribution in [2.45, 2.75) is 25.8 Å². The van der Waals surface area contributed by atoms with Crippen molar-refractivity contribution in [1.82, 2.24) is 25.5 Å². The molecule has 1 N–H and O–H groups in total. The van der Waals surface area contributed by atoms with Crippen molar-refractivity contribution in [2.24, 2.45) is 0 Å². The van der Waals surface area contributed by atoms with Crippen LogP contribution in [0.5, 0.6) is 0 Å². The zero-order valence-electron chi connectivity index (χ0n) is 16.6. The molecule has 0 fully saturated rings. The van der Waals surface area contributed by atoms with Crippen molar-refractivity contribution in [2.75, 3.05) is 25.0 Å². The Morgan fingerprint density at radius 2 is 2.00 bits per heavy atom. The number of rotatable bonds is 9. The Hall–Kier alpha value is -3.29. The van der Waals surface area contributed by atoms with E-state index >= 15 is 0 Å². The molecule has 0 saturated heterocycles. The fourth-order valence-electron chi connectivity index (χ4n) is 3.16. The van der Waals surface area contributed by atoms with Gasteiger partial charge < -0.3 is 10.2 Å². The Labute approximate surface area is 169 Å². The monoisotopic (exact) mass is 396 g/mol. The van der Waals surface area contributed by atoms with Crippen molar-refractivity contribution >= 4 is 11.6 Å². The number of amides is 1. The van der Waals surface area contributed by atoms with Crippen LogP contribution in [-0.4, -0.2) is 46.3 Å². The Bertz CT molecular complexity index is 930. The summed E-state index contributed by atoms with van der Waals surface area (Å²) in [4.78, 5) is 15.0. The summed E-state index contributed by atoms with van der Waals surface area (Å²) in [5.41, 5.74) is 1.84. The Balaban J connectivity index is 1.59. The largest absolute Gasteiger partial charge is 0.375 e. The van der Waals surface area contributed by atoms with Gasteiger partial charge in [-0.25, -0.2) is 9.07 Å². The molecule has 1 amide bonds. The predicted octanol–water partition coefficient (Wildman–Crippen LogP) is 2.55. The van der Waals surface area contributed by atoms with Crippen molar-refractivity contribution < 1.29 is 9.18 Å². The molecule has 8 heteroatoms. The highest BCUT2D eigenvalue weighted by molar-refractivity contribution is 5.80. The number of anilines is 1. The van der Waals surface area contributed by atoms with E-state index in [0.29, 0.717) is 24.4 Å². The van der Waals surface area contributed by atoms with Gasteiger partial charge in [0.15, 0.2) is 0 Å². The van der Waals surface area contributed by atoms with Crippen LogP contribution >= 0.6 is 0 Å². The van der Waals surface area contributed by atoms with Gasteiger partial charge in [-0.1, -0.05) is 30.3 Å². The van der Waals surface area contributed by atoms with Crippen LogP contribution in [0.2, 0.25) is 0 Å². The summed E-state index contributed by atoms with van der Waals surface area (Å²) in [6.45, 7) is 3.07. The van der Waals surface area contributed by atoms with Crippen LogP contribution in [0.1, 0.15) is 23.9 Å². The number of benzene rings is 2.